The molecule has 1 aromatic rings. The number of rotatable bonds is 5. The maximum atomic E-state index is 7.70. The van der Waals surface area contributed by atoms with E-state index in [0.717, 1.165) is 24.3 Å². The van der Waals surface area contributed by atoms with Gasteiger partial charge in [0, 0.05) is 20.1 Å². The van der Waals surface area contributed by atoms with E-state index in [1.165, 1.54) is 0 Å². The average Bonchev–Trinajstić information content (AvgIpc) is 2.28. The summed E-state index contributed by atoms with van der Waals surface area (Å²) in [6.07, 6.45) is 0. The lowest BCUT2D eigenvalue weighted by atomic mass is 10.1. The van der Waals surface area contributed by atoms with Crippen molar-refractivity contribution in [3.05, 3.63) is 16.8 Å². The summed E-state index contributed by atoms with van der Waals surface area (Å²) in [5.74, 6) is 0.713. The van der Waals surface area contributed by atoms with E-state index in [9.17, 15) is 0 Å². The van der Waals surface area contributed by atoms with E-state index in [1.807, 2.05) is 39.9 Å². The molecular weight excluding hydrogens is 228 g/mol. The Hall–Kier alpha value is -1.69. The molecule has 0 aliphatic heterocycles. The zero-order valence-corrected chi connectivity index (χ0v) is 11.8. The van der Waals surface area contributed by atoms with Gasteiger partial charge < -0.3 is 15.5 Å². The Morgan fingerprint density at radius 3 is 2.28 bits per heavy atom. The molecule has 18 heavy (non-hydrogen) atoms. The van der Waals surface area contributed by atoms with Crippen LogP contribution in [0, 0.1) is 19.3 Å². The third-order valence-corrected chi connectivity index (χ3v) is 2.95. The van der Waals surface area contributed by atoms with Gasteiger partial charge in [-0.05, 0) is 33.5 Å². The molecule has 6 heteroatoms. The van der Waals surface area contributed by atoms with Crippen LogP contribution in [0.4, 0.5) is 5.82 Å². The SMILES string of the molecule is Cc1nnc(N(C)CCN(C)C)c(C(=N)N)c1C. The number of aromatic nitrogens is 2. The first-order chi connectivity index (χ1) is 8.34. The van der Waals surface area contributed by atoms with Crippen LogP contribution in [0.2, 0.25) is 0 Å². The van der Waals surface area contributed by atoms with Crippen molar-refractivity contribution < 1.29 is 0 Å². The molecule has 0 aromatic carbocycles. The van der Waals surface area contributed by atoms with E-state index < -0.39 is 0 Å². The lowest BCUT2D eigenvalue weighted by Crippen LogP contribution is -2.31. The normalized spacial score (nSPS) is 10.8. The van der Waals surface area contributed by atoms with Gasteiger partial charge in [0.1, 0.15) is 5.84 Å². The second-order valence-corrected chi connectivity index (χ2v) is 4.75. The smallest absolute Gasteiger partial charge is 0.162 e. The number of nitrogens with one attached hydrogen (secondary N) is 1. The molecule has 0 fully saturated rings. The summed E-state index contributed by atoms with van der Waals surface area (Å²) < 4.78 is 0. The maximum Gasteiger partial charge on any atom is 0.162 e. The van der Waals surface area contributed by atoms with E-state index >= 15 is 0 Å². The second-order valence-electron chi connectivity index (χ2n) is 4.75. The predicted octanol–water partition coefficient (Wildman–Crippen LogP) is 0.375. The largest absolute Gasteiger partial charge is 0.384 e. The Kier molecular flexibility index (Phi) is 4.61. The first-order valence-corrected chi connectivity index (χ1v) is 5.88. The highest BCUT2D eigenvalue weighted by Crippen LogP contribution is 2.20. The quantitative estimate of drug-likeness (QED) is 0.583. The summed E-state index contributed by atoms with van der Waals surface area (Å²) in [4.78, 5) is 4.08. The van der Waals surface area contributed by atoms with Crippen LogP contribution in [-0.2, 0) is 0 Å². The maximum absolute atomic E-state index is 7.70. The molecule has 100 valence electrons. The van der Waals surface area contributed by atoms with Crippen LogP contribution in [0.1, 0.15) is 16.8 Å². The van der Waals surface area contributed by atoms with Gasteiger partial charge in [-0.15, -0.1) is 5.10 Å². The van der Waals surface area contributed by atoms with Crippen LogP contribution in [-0.4, -0.2) is 55.2 Å². The Morgan fingerprint density at radius 1 is 1.17 bits per heavy atom. The zero-order chi connectivity index (χ0) is 13.9. The van der Waals surface area contributed by atoms with Crippen molar-refractivity contribution >= 4 is 11.7 Å². The van der Waals surface area contributed by atoms with Gasteiger partial charge in [-0.2, -0.15) is 5.10 Å². The molecule has 0 spiro atoms. The molecule has 0 saturated carbocycles. The summed E-state index contributed by atoms with van der Waals surface area (Å²) >= 11 is 0. The van der Waals surface area contributed by atoms with Crippen molar-refractivity contribution in [3.8, 4) is 0 Å². The Bertz CT molecular complexity index is 440. The van der Waals surface area contributed by atoms with Gasteiger partial charge >= 0.3 is 0 Å². The molecule has 0 saturated heterocycles. The molecule has 0 amide bonds. The fourth-order valence-electron chi connectivity index (χ4n) is 1.64. The van der Waals surface area contributed by atoms with Crippen molar-refractivity contribution in [1.82, 2.24) is 15.1 Å². The number of hydrogen-bond acceptors (Lipinski definition) is 5. The van der Waals surface area contributed by atoms with Crippen molar-refractivity contribution in [2.45, 2.75) is 13.8 Å². The predicted molar refractivity (Wildman–Crippen MR) is 74.3 cm³/mol. The molecular formula is C12H22N6. The topological polar surface area (TPSA) is 82.1 Å². The van der Waals surface area contributed by atoms with E-state index in [1.54, 1.807) is 0 Å². The molecule has 3 N–H and O–H groups in total. The van der Waals surface area contributed by atoms with Crippen molar-refractivity contribution in [2.24, 2.45) is 5.73 Å². The van der Waals surface area contributed by atoms with Gasteiger partial charge in [0.2, 0.25) is 0 Å². The van der Waals surface area contributed by atoms with Crippen LogP contribution < -0.4 is 10.6 Å². The van der Waals surface area contributed by atoms with Crippen LogP contribution in [0.25, 0.3) is 0 Å². The molecule has 1 aromatic heterocycles. The van der Waals surface area contributed by atoms with E-state index in [-0.39, 0.29) is 5.84 Å². The minimum atomic E-state index is 0.0391. The summed E-state index contributed by atoms with van der Waals surface area (Å²) in [5, 5.41) is 16.0. The number of aryl methyl sites for hydroxylation is 1. The Balaban J connectivity index is 3.08. The van der Waals surface area contributed by atoms with Gasteiger partial charge in [-0.3, -0.25) is 5.41 Å². The minimum absolute atomic E-state index is 0.0391. The molecule has 1 heterocycles. The number of nitrogens with zero attached hydrogens (tertiary/aromatic N) is 4. The van der Waals surface area contributed by atoms with Crippen molar-refractivity contribution in [2.75, 3.05) is 39.1 Å². The van der Waals surface area contributed by atoms with Gasteiger partial charge in [0.15, 0.2) is 5.82 Å². The molecule has 0 bridgehead atoms. The zero-order valence-electron chi connectivity index (χ0n) is 11.8. The van der Waals surface area contributed by atoms with E-state index in [0.29, 0.717) is 11.4 Å². The molecule has 6 nitrogen and oxygen atoms in total. The average molecular weight is 250 g/mol. The molecule has 0 atom stereocenters. The van der Waals surface area contributed by atoms with Gasteiger partial charge in [0.25, 0.3) is 0 Å². The summed E-state index contributed by atoms with van der Waals surface area (Å²) in [7, 11) is 5.98. The third-order valence-electron chi connectivity index (χ3n) is 2.95. The summed E-state index contributed by atoms with van der Waals surface area (Å²) in [6, 6.07) is 0. The highest BCUT2D eigenvalue weighted by atomic mass is 15.3. The first kappa shape index (κ1) is 14.4. The lowest BCUT2D eigenvalue weighted by molar-refractivity contribution is 0.416. The molecule has 0 radical (unpaired) electrons. The van der Waals surface area contributed by atoms with E-state index in [2.05, 4.69) is 15.1 Å². The number of likely N-dealkylation sites (N-methyl/N-ethyl adjacent to an activating group) is 2. The molecule has 1 rings (SSSR count). The fraction of sp³-hybridized carbons (Fsp3) is 0.583. The monoisotopic (exact) mass is 250 g/mol. The molecule has 0 unspecified atom stereocenters. The number of anilines is 1. The van der Waals surface area contributed by atoms with Crippen LogP contribution in [0.3, 0.4) is 0 Å². The highest BCUT2D eigenvalue weighted by Gasteiger charge is 2.16. The highest BCUT2D eigenvalue weighted by molar-refractivity contribution is 6.01. The summed E-state index contributed by atoms with van der Waals surface area (Å²) in [5.41, 5.74) is 8.07. The Morgan fingerprint density at radius 2 is 1.78 bits per heavy atom. The third kappa shape index (κ3) is 3.16. The second kappa shape index (κ2) is 5.77. The van der Waals surface area contributed by atoms with E-state index in [4.69, 9.17) is 11.1 Å². The van der Waals surface area contributed by atoms with Gasteiger partial charge in [-0.1, -0.05) is 0 Å². The first-order valence-electron chi connectivity index (χ1n) is 5.88. The standard InChI is InChI=1S/C12H22N6/c1-8-9(2)15-16-12(10(8)11(13)14)18(5)7-6-17(3)4/h6-7H2,1-5H3,(H3,13,14). The number of nitrogens with two attached hydrogens (primary N) is 1. The van der Waals surface area contributed by atoms with Crippen molar-refractivity contribution in [3.63, 3.8) is 0 Å². The lowest BCUT2D eigenvalue weighted by Gasteiger charge is -2.23. The van der Waals surface area contributed by atoms with Crippen LogP contribution in [0.15, 0.2) is 0 Å². The fourth-order valence-corrected chi connectivity index (χ4v) is 1.64. The van der Waals surface area contributed by atoms with Gasteiger partial charge in [-0.25, -0.2) is 0 Å². The number of nitrogen functional groups attached to an aromatic ring is 1. The minimum Gasteiger partial charge on any atom is -0.384 e. The van der Waals surface area contributed by atoms with Crippen LogP contribution in [0.5, 0.6) is 0 Å². The number of hydrogen-bond donors (Lipinski definition) is 2. The van der Waals surface area contributed by atoms with Gasteiger partial charge in [0.05, 0.1) is 11.3 Å². The Labute approximate surface area is 108 Å². The van der Waals surface area contributed by atoms with Crippen molar-refractivity contribution in [1.29, 1.82) is 5.41 Å². The number of amidine groups is 1. The molecule has 0 aliphatic rings. The summed E-state index contributed by atoms with van der Waals surface area (Å²) in [6.45, 7) is 5.51. The molecule has 0 aliphatic carbocycles. The van der Waals surface area contributed by atoms with Crippen LogP contribution >= 0.6 is 0 Å².